The number of esters is 1. The lowest BCUT2D eigenvalue weighted by Gasteiger charge is -2.17. The molecule has 1 heterocycles. The predicted molar refractivity (Wildman–Crippen MR) is 51.3 cm³/mol. The van der Waals surface area contributed by atoms with E-state index in [0.29, 0.717) is 25.3 Å². The van der Waals surface area contributed by atoms with Crippen molar-refractivity contribution in [1.29, 1.82) is 0 Å². The summed E-state index contributed by atoms with van der Waals surface area (Å²) >= 11 is 0. The van der Waals surface area contributed by atoms with Gasteiger partial charge in [0.05, 0.1) is 6.61 Å². The number of allylic oxidation sites excluding steroid dienone is 1. The van der Waals surface area contributed by atoms with Gasteiger partial charge in [-0.3, -0.25) is 4.79 Å². The molecule has 1 aliphatic rings. The number of carbonyl (C=O) groups is 2. The molecule has 0 N–H and O–H groups in total. The van der Waals surface area contributed by atoms with Crippen LogP contribution < -0.4 is 0 Å². The molecule has 0 atom stereocenters. The lowest BCUT2D eigenvalue weighted by molar-refractivity contribution is -0.143. The second-order valence-electron chi connectivity index (χ2n) is 3.04. The minimum absolute atomic E-state index is 0.00570. The maximum atomic E-state index is 11.4. The Labute approximate surface area is 83.5 Å². The lowest BCUT2D eigenvalue weighted by Crippen LogP contribution is -2.29. The summed E-state index contributed by atoms with van der Waals surface area (Å²) in [4.78, 5) is 24.3. The highest BCUT2D eigenvalue weighted by Crippen LogP contribution is 2.17. The van der Waals surface area contributed by atoms with Crippen molar-refractivity contribution in [3.63, 3.8) is 0 Å². The van der Waals surface area contributed by atoms with Crippen molar-refractivity contribution in [2.75, 3.05) is 13.2 Å². The molecule has 1 saturated heterocycles. The summed E-state index contributed by atoms with van der Waals surface area (Å²) in [7, 11) is 0. The zero-order chi connectivity index (χ0) is 10.6. The molecule has 0 saturated carbocycles. The molecule has 1 aliphatic heterocycles. The van der Waals surface area contributed by atoms with E-state index in [9.17, 15) is 9.59 Å². The van der Waals surface area contributed by atoms with Gasteiger partial charge in [-0.15, -0.1) is 0 Å². The van der Waals surface area contributed by atoms with Crippen molar-refractivity contribution < 1.29 is 14.3 Å². The maximum absolute atomic E-state index is 11.4. The summed E-state index contributed by atoms with van der Waals surface area (Å²) in [5, 5.41) is 0. The molecule has 4 heteroatoms. The Balaban J connectivity index is 2.72. The largest absolute Gasteiger partial charge is 0.461 e. The molecule has 0 unspecified atom stereocenters. The van der Waals surface area contributed by atoms with Gasteiger partial charge in [-0.2, -0.15) is 0 Å². The summed E-state index contributed by atoms with van der Waals surface area (Å²) < 4.78 is 4.85. The van der Waals surface area contributed by atoms with Crippen LogP contribution >= 0.6 is 0 Å². The van der Waals surface area contributed by atoms with Crippen molar-refractivity contribution in [2.45, 2.75) is 26.7 Å². The molecule has 0 aromatic rings. The highest BCUT2D eigenvalue weighted by Gasteiger charge is 2.27. The second kappa shape index (κ2) is 4.79. The summed E-state index contributed by atoms with van der Waals surface area (Å²) in [5.74, 6) is -0.406. The van der Waals surface area contributed by atoms with Gasteiger partial charge in [0.25, 0.3) is 0 Å². The number of likely N-dealkylation sites (tertiary alicyclic amines) is 1. The first-order valence-corrected chi connectivity index (χ1v) is 4.84. The van der Waals surface area contributed by atoms with Gasteiger partial charge in [-0.05, 0) is 20.3 Å². The van der Waals surface area contributed by atoms with E-state index in [1.165, 1.54) is 4.90 Å². The molecule has 1 rings (SSSR count). The molecule has 1 amide bonds. The fourth-order valence-electron chi connectivity index (χ4n) is 1.49. The number of ether oxygens (including phenoxy) is 1. The van der Waals surface area contributed by atoms with Crippen LogP contribution in [0, 0.1) is 0 Å². The van der Waals surface area contributed by atoms with Gasteiger partial charge in [0.1, 0.15) is 5.70 Å². The highest BCUT2D eigenvalue weighted by molar-refractivity contribution is 5.94. The fourth-order valence-corrected chi connectivity index (χ4v) is 1.49. The lowest BCUT2D eigenvalue weighted by atomic mass is 10.3. The number of nitrogens with zero attached hydrogens (tertiary/aromatic N) is 1. The first kappa shape index (κ1) is 10.8. The summed E-state index contributed by atoms with van der Waals surface area (Å²) in [6.45, 7) is 4.43. The number of carbonyl (C=O) groups excluding carboxylic acids is 2. The molecule has 0 spiro atoms. The maximum Gasteiger partial charge on any atom is 0.354 e. The molecule has 1 fully saturated rings. The van der Waals surface area contributed by atoms with Crippen molar-refractivity contribution in [3.8, 4) is 0 Å². The van der Waals surface area contributed by atoms with Gasteiger partial charge in [-0.1, -0.05) is 6.08 Å². The Morgan fingerprint density at radius 1 is 1.64 bits per heavy atom. The van der Waals surface area contributed by atoms with Crippen LogP contribution in [0.3, 0.4) is 0 Å². The molecule has 0 aliphatic carbocycles. The molecular formula is C10H15NO3. The summed E-state index contributed by atoms with van der Waals surface area (Å²) in [6.07, 6.45) is 2.97. The number of hydrogen-bond acceptors (Lipinski definition) is 3. The predicted octanol–water partition coefficient (Wildman–Crippen LogP) is 1.08. The van der Waals surface area contributed by atoms with Gasteiger partial charge >= 0.3 is 5.97 Å². The SMILES string of the molecule is CC=C(C(=O)OCC)N1CCCC1=O. The van der Waals surface area contributed by atoms with Gasteiger partial charge in [0.2, 0.25) is 5.91 Å². The van der Waals surface area contributed by atoms with Crippen LogP contribution in [0.2, 0.25) is 0 Å². The Morgan fingerprint density at radius 2 is 2.36 bits per heavy atom. The van der Waals surface area contributed by atoms with Crippen LogP contribution in [0.25, 0.3) is 0 Å². The molecule has 4 nitrogen and oxygen atoms in total. The van der Waals surface area contributed by atoms with E-state index in [-0.39, 0.29) is 5.91 Å². The fraction of sp³-hybridized carbons (Fsp3) is 0.600. The van der Waals surface area contributed by atoms with Gasteiger partial charge in [0, 0.05) is 13.0 Å². The molecular weight excluding hydrogens is 182 g/mol. The van der Waals surface area contributed by atoms with Crippen LogP contribution in [0.1, 0.15) is 26.7 Å². The molecule has 78 valence electrons. The Bertz CT molecular complexity index is 271. The number of amides is 1. The average Bonchev–Trinajstić information content (AvgIpc) is 2.54. The topological polar surface area (TPSA) is 46.6 Å². The zero-order valence-corrected chi connectivity index (χ0v) is 8.58. The smallest absolute Gasteiger partial charge is 0.354 e. The first-order valence-electron chi connectivity index (χ1n) is 4.84. The van der Waals surface area contributed by atoms with E-state index in [1.54, 1.807) is 19.9 Å². The molecule has 0 aromatic heterocycles. The standard InChI is InChI=1S/C10H15NO3/c1-3-8(10(13)14-4-2)11-7-5-6-9(11)12/h3H,4-7H2,1-2H3. The van der Waals surface area contributed by atoms with Crippen LogP contribution in [0.15, 0.2) is 11.8 Å². The monoisotopic (exact) mass is 197 g/mol. The van der Waals surface area contributed by atoms with Gasteiger partial charge in [-0.25, -0.2) is 4.79 Å². The second-order valence-corrected chi connectivity index (χ2v) is 3.04. The van der Waals surface area contributed by atoms with E-state index in [1.807, 2.05) is 0 Å². The molecule has 0 aromatic carbocycles. The average molecular weight is 197 g/mol. The van der Waals surface area contributed by atoms with Crippen molar-refractivity contribution in [1.82, 2.24) is 4.90 Å². The van der Waals surface area contributed by atoms with Crippen molar-refractivity contribution in [2.24, 2.45) is 0 Å². The minimum atomic E-state index is -0.412. The number of rotatable bonds is 3. The number of hydrogen-bond donors (Lipinski definition) is 0. The van der Waals surface area contributed by atoms with E-state index < -0.39 is 5.97 Å². The molecule has 14 heavy (non-hydrogen) atoms. The Morgan fingerprint density at radius 3 is 2.79 bits per heavy atom. The van der Waals surface area contributed by atoms with E-state index in [0.717, 1.165) is 6.42 Å². The van der Waals surface area contributed by atoms with Crippen LogP contribution in [-0.4, -0.2) is 29.9 Å². The molecule has 0 radical (unpaired) electrons. The third-order valence-corrected chi connectivity index (χ3v) is 2.12. The van der Waals surface area contributed by atoms with Crippen LogP contribution in [0.5, 0.6) is 0 Å². The quantitative estimate of drug-likeness (QED) is 0.502. The third kappa shape index (κ3) is 2.13. The van der Waals surface area contributed by atoms with Crippen molar-refractivity contribution >= 4 is 11.9 Å². The minimum Gasteiger partial charge on any atom is -0.461 e. The van der Waals surface area contributed by atoms with Crippen LogP contribution in [-0.2, 0) is 14.3 Å². The van der Waals surface area contributed by atoms with Crippen LogP contribution in [0.4, 0.5) is 0 Å². The normalized spacial score (nSPS) is 17.4. The Hall–Kier alpha value is -1.32. The zero-order valence-electron chi connectivity index (χ0n) is 8.58. The first-order chi connectivity index (χ1) is 6.70. The van der Waals surface area contributed by atoms with E-state index in [2.05, 4.69) is 0 Å². The van der Waals surface area contributed by atoms with Gasteiger partial charge in [0.15, 0.2) is 0 Å². The molecule has 0 bridgehead atoms. The van der Waals surface area contributed by atoms with Crippen molar-refractivity contribution in [3.05, 3.63) is 11.8 Å². The summed E-state index contributed by atoms with van der Waals surface area (Å²) in [6, 6.07) is 0. The Kier molecular flexibility index (Phi) is 3.68. The highest BCUT2D eigenvalue weighted by atomic mass is 16.5. The van der Waals surface area contributed by atoms with E-state index in [4.69, 9.17) is 4.74 Å². The van der Waals surface area contributed by atoms with E-state index >= 15 is 0 Å². The summed E-state index contributed by atoms with van der Waals surface area (Å²) in [5.41, 5.74) is 0.370. The van der Waals surface area contributed by atoms with Gasteiger partial charge < -0.3 is 9.64 Å². The third-order valence-electron chi connectivity index (χ3n) is 2.12.